The zero-order chi connectivity index (χ0) is 18.5. The summed E-state index contributed by atoms with van der Waals surface area (Å²) >= 11 is 12.0. The lowest BCUT2D eigenvalue weighted by Crippen LogP contribution is -2.92. The number of halogens is 2. The average Bonchev–Trinajstić information content (AvgIpc) is 3.17. The molecule has 0 aliphatic carbocycles. The van der Waals surface area contributed by atoms with Crippen LogP contribution in [0.5, 0.6) is 0 Å². The van der Waals surface area contributed by atoms with Gasteiger partial charge in [-0.3, -0.25) is 4.79 Å². The number of nitrogens with two attached hydrogens (primary N) is 1. The highest BCUT2D eigenvalue weighted by atomic mass is 35.5. The standard InChI is InChI=1S/C20H18Cl2N2O2/c1-13(20(25)24-17-10-9-15(21)12-16(17)22)23-19(18-8-5-11-26-18)14-6-3-2-4-7-14/h2-13,19,23H,1H3,(H,24,25)/p+1/t13-,19+/m0/s1. The fraction of sp³-hybridized carbons (Fsp3) is 0.150. The Morgan fingerprint density at radius 1 is 1.08 bits per heavy atom. The zero-order valence-corrected chi connectivity index (χ0v) is 15.7. The maximum Gasteiger partial charge on any atom is 0.282 e. The number of benzene rings is 2. The zero-order valence-electron chi connectivity index (χ0n) is 14.2. The van der Waals surface area contributed by atoms with E-state index >= 15 is 0 Å². The monoisotopic (exact) mass is 389 g/mol. The summed E-state index contributed by atoms with van der Waals surface area (Å²) in [6.45, 7) is 1.85. The second-order valence-corrected chi connectivity index (χ2v) is 6.84. The van der Waals surface area contributed by atoms with Crippen molar-refractivity contribution < 1.29 is 14.5 Å². The number of hydrogen-bond donors (Lipinski definition) is 2. The van der Waals surface area contributed by atoms with E-state index in [1.807, 2.05) is 54.7 Å². The third-order valence-electron chi connectivity index (χ3n) is 4.09. The van der Waals surface area contributed by atoms with Gasteiger partial charge < -0.3 is 15.1 Å². The van der Waals surface area contributed by atoms with Crippen LogP contribution in [-0.4, -0.2) is 11.9 Å². The van der Waals surface area contributed by atoms with Gasteiger partial charge in [0, 0.05) is 10.6 Å². The summed E-state index contributed by atoms with van der Waals surface area (Å²) in [4.78, 5) is 12.6. The number of nitrogens with one attached hydrogen (secondary N) is 1. The van der Waals surface area contributed by atoms with Gasteiger partial charge in [-0.15, -0.1) is 0 Å². The molecular weight excluding hydrogens is 371 g/mol. The van der Waals surface area contributed by atoms with Crippen molar-refractivity contribution in [2.24, 2.45) is 0 Å². The molecule has 1 amide bonds. The van der Waals surface area contributed by atoms with Gasteiger partial charge in [0.25, 0.3) is 5.91 Å². The second kappa shape index (κ2) is 8.41. The van der Waals surface area contributed by atoms with Crippen LogP contribution in [0.4, 0.5) is 5.69 Å². The van der Waals surface area contributed by atoms with Crippen molar-refractivity contribution in [2.45, 2.75) is 19.0 Å². The largest absolute Gasteiger partial charge is 0.463 e. The van der Waals surface area contributed by atoms with E-state index in [0.717, 1.165) is 11.3 Å². The van der Waals surface area contributed by atoms with Crippen molar-refractivity contribution in [3.8, 4) is 0 Å². The minimum atomic E-state index is -0.364. The second-order valence-electron chi connectivity index (χ2n) is 6.00. The summed E-state index contributed by atoms with van der Waals surface area (Å²) in [5.41, 5.74) is 1.60. The lowest BCUT2D eigenvalue weighted by Gasteiger charge is -2.19. The van der Waals surface area contributed by atoms with E-state index in [4.69, 9.17) is 27.6 Å². The maximum atomic E-state index is 12.6. The van der Waals surface area contributed by atoms with E-state index < -0.39 is 0 Å². The van der Waals surface area contributed by atoms with Gasteiger partial charge in [0.2, 0.25) is 0 Å². The Labute approximate surface area is 162 Å². The number of anilines is 1. The van der Waals surface area contributed by atoms with Crippen molar-refractivity contribution in [1.29, 1.82) is 0 Å². The fourth-order valence-corrected chi connectivity index (χ4v) is 3.17. The van der Waals surface area contributed by atoms with Gasteiger partial charge >= 0.3 is 0 Å². The van der Waals surface area contributed by atoms with Crippen molar-refractivity contribution >= 4 is 34.8 Å². The van der Waals surface area contributed by atoms with Gasteiger partial charge in [-0.2, -0.15) is 0 Å². The number of amides is 1. The minimum absolute atomic E-state index is 0.118. The molecule has 4 nitrogen and oxygen atoms in total. The highest BCUT2D eigenvalue weighted by Gasteiger charge is 2.27. The van der Waals surface area contributed by atoms with Crippen LogP contribution in [-0.2, 0) is 4.79 Å². The molecule has 3 aromatic rings. The SMILES string of the molecule is C[C@H]([NH2+][C@H](c1ccccc1)c1ccco1)C(=O)Nc1ccc(Cl)cc1Cl. The molecule has 1 aromatic heterocycles. The van der Waals surface area contributed by atoms with Gasteiger partial charge in [-0.05, 0) is 37.3 Å². The van der Waals surface area contributed by atoms with E-state index in [1.54, 1.807) is 24.5 Å². The van der Waals surface area contributed by atoms with E-state index in [1.165, 1.54) is 0 Å². The molecule has 0 radical (unpaired) electrons. The third-order valence-corrected chi connectivity index (χ3v) is 4.64. The summed E-state index contributed by atoms with van der Waals surface area (Å²) in [5.74, 6) is 0.641. The first-order valence-electron chi connectivity index (χ1n) is 8.24. The number of carbonyl (C=O) groups is 1. The van der Waals surface area contributed by atoms with Gasteiger partial charge in [0.05, 0.1) is 17.0 Å². The molecule has 3 N–H and O–H groups in total. The van der Waals surface area contributed by atoms with Crippen molar-refractivity contribution in [2.75, 3.05) is 5.32 Å². The lowest BCUT2D eigenvalue weighted by molar-refractivity contribution is -0.706. The Morgan fingerprint density at radius 2 is 1.85 bits per heavy atom. The third kappa shape index (κ3) is 4.47. The van der Waals surface area contributed by atoms with Crippen LogP contribution in [0.15, 0.2) is 71.3 Å². The van der Waals surface area contributed by atoms with Crippen molar-refractivity contribution in [1.82, 2.24) is 0 Å². The predicted molar refractivity (Wildman–Crippen MR) is 103 cm³/mol. The van der Waals surface area contributed by atoms with Crippen molar-refractivity contribution in [3.05, 3.63) is 88.3 Å². The van der Waals surface area contributed by atoms with E-state index in [-0.39, 0.29) is 18.0 Å². The average molecular weight is 390 g/mol. The molecule has 1 heterocycles. The molecule has 2 aromatic carbocycles. The Kier molecular flexibility index (Phi) is 5.99. The molecular formula is C20H19Cl2N2O2+. The molecule has 0 aliphatic rings. The quantitative estimate of drug-likeness (QED) is 0.661. The summed E-state index contributed by atoms with van der Waals surface area (Å²) in [5, 5.41) is 5.74. The van der Waals surface area contributed by atoms with E-state index in [0.29, 0.717) is 15.7 Å². The van der Waals surface area contributed by atoms with Crippen LogP contribution in [0.25, 0.3) is 0 Å². The van der Waals surface area contributed by atoms with E-state index in [2.05, 4.69) is 5.32 Å². The van der Waals surface area contributed by atoms with Gasteiger partial charge in [0.15, 0.2) is 17.8 Å². The molecule has 134 valence electrons. The number of furan rings is 1. The fourth-order valence-electron chi connectivity index (χ4n) is 2.71. The molecule has 0 saturated carbocycles. The lowest BCUT2D eigenvalue weighted by atomic mass is 10.0. The van der Waals surface area contributed by atoms with Crippen molar-refractivity contribution in [3.63, 3.8) is 0 Å². The smallest absolute Gasteiger partial charge is 0.282 e. The summed E-state index contributed by atoms with van der Waals surface area (Å²) in [7, 11) is 0. The highest BCUT2D eigenvalue weighted by Crippen LogP contribution is 2.25. The molecule has 0 fully saturated rings. The van der Waals surface area contributed by atoms with Crippen LogP contribution in [0, 0.1) is 0 Å². The Morgan fingerprint density at radius 3 is 2.50 bits per heavy atom. The minimum Gasteiger partial charge on any atom is -0.463 e. The summed E-state index contributed by atoms with van der Waals surface area (Å²) < 4.78 is 5.58. The molecule has 26 heavy (non-hydrogen) atoms. The molecule has 6 heteroatoms. The predicted octanol–water partition coefficient (Wildman–Crippen LogP) is 4.27. The molecule has 0 aliphatic heterocycles. The summed E-state index contributed by atoms with van der Waals surface area (Å²) in [6.07, 6.45) is 1.64. The van der Waals surface area contributed by atoms with Crippen LogP contribution in [0.1, 0.15) is 24.3 Å². The number of quaternary nitrogens is 1. The topological polar surface area (TPSA) is 58.9 Å². The Hall–Kier alpha value is -2.27. The molecule has 2 atom stereocenters. The first kappa shape index (κ1) is 18.5. The van der Waals surface area contributed by atoms with Crippen LogP contribution in [0.3, 0.4) is 0 Å². The van der Waals surface area contributed by atoms with Gasteiger partial charge in [-0.25, -0.2) is 0 Å². The Balaban J connectivity index is 1.75. The molecule has 3 rings (SSSR count). The highest BCUT2D eigenvalue weighted by molar-refractivity contribution is 6.36. The van der Waals surface area contributed by atoms with Crippen LogP contribution < -0.4 is 10.6 Å². The molecule has 0 saturated heterocycles. The number of hydrogen-bond acceptors (Lipinski definition) is 2. The maximum absolute atomic E-state index is 12.6. The molecule has 0 unspecified atom stereocenters. The van der Waals surface area contributed by atoms with Gasteiger partial charge in [-0.1, -0.05) is 53.5 Å². The molecule has 0 bridgehead atoms. The van der Waals surface area contributed by atoms with Gasteiger partial charge in [0.1, 0.15) is 0 Å². The first-order chi connectivity index (χ1) is 12.5. The normalized spacial score (nSPS) is 13.2. The van der Waals surface area contributed by atoms with Crippen LogP contribution >= 0.6 is 23.2 Å². The first-order valence-corrected chi connectivity index (χ1v) is 8.99. The number of carbonyl (C=O) groups excluding carboxylic acids is 1. The van der Waals surface area contributed by atoms with E-state index in [9.17, 15) is 4.79 Å². The Bertz CT molecular complexity index is 867. The number of rotatable bonds is 6. The summed E-state index contributed by atoms with van der Waals surface area (Å²) in [6, 6.07) is 18.2. The van der Waals surface area contributed by atoms with Crippen LogP contribution in [0.2, 0.25) is 10.0 Å². The molecule has 0 spiro atoms.